The first-order chi connectivity index (χ1) is 8.24. The quantitative estimate of drug-likeness (QED) is 0.764. The molecular formula is C10H11N3O4. The van der Waals surface area contributed by atoms with Gasteiger partial charge in [0.05, 0.1) is 25.6 Å². The van der Waals surface area contributed by atoms with Crippen LogP contribution in [0, 0.1) is 0 Å². The van der Waals surface area contributed by atoms with Crippen molar-refractivity contribution in [2.24, 2.45) is 0 Å². The summed E-state index contributed by atoms with van der Waals surface area (Å²) in [5.74, 6) is 0.135. The largest absolute Gasteiger partial charge is 0.463 e. The number of hydrogen-bond donors (Lipinski definition) is 1. The maximum absolute atomic E-state index is 11.2. The van der Waals surface area contributed by atoms with Crippen molar-refractivity contribution < 1.29 is 19.1 Å². The lowest BCUT2D eigenvalue weighted by molar-refractivity contribution is 0.0562. The monoisotopic (exact) mass is 237 g/mol. The van der Waals surface area contributed by atoms with Crippen LogP contribution in [0.2, 0.25) is 0 Å². The summed E-state index contributed by atoms with van der Waals surface area (Å²) >= 11 is 0. The Morgan fingerprint density at radius 1 is 1.59 bits per heavy atom. The number of furan rings is 1. The van der Waals surface area contributed by atoms with Crippen LogP contribution in [0.1, 0.15) is 22.0 Å². The van der Waals surface area contributed by atoms with E-state index in [1.165, 1.54) is 24.1 Å². The Labute approximate surface area is 96.6 Å². The lowest BCUT2D eigenvalue weighted by Gasteiger charge is -2.00. The molecule has 7 heteroatoms. The number of nitrogens with zero attached hydrogens (tertiary/aromatic N) is 3. The lowest BCUT2D eigenvalue weighted by atomic mass is 10.4. The van der Waals surface area contributed by atoms with Gasteiger partial charge in [0.2, 0.25) is 5.76 Å². The highest BCUT2D eigenvalue weighted by Crippen LogP contribution is 2.11. The van der Waals surface area contributed by atoms with Gasteiger partial charge in [-0.3, -0.25) is 0 Å². The van der Waals surface area contributed by atoms with Crippen molar-refractivity contribution in [3.63, 3.8) is 0 Å². The summed E-state index contributed by atoms with van der Waals surface area (Å²) < 4.78 is 11.3. The molecular weight excluding hydrogens is 226 g/mol. The van der Waals surface area contributed by atoms with Crippen LogP contribution in [-0.4, -0.2) is 33.2 Å². The molecule has 0 saturated carbocycles. The standard InChI is InChI=1S/C10H11N3O4/c1-16-10(15)9-3-2-8(17-9)5-13-7(6-14)4-11-12-13/h2-4,14H,5-6H2,1H3. The highest BCUT2D eigenvalue weighted by Gasteiger charge is 2.12. The van der Waals surface area contributed by atoms with Crippen molar-refractivity contribution in [3.8, 4) is 0 Å². The van der Waals surface area contributed by atoms with Crippen molar-refractivity contribution in [2.45, 2.75) is 13.2 Å². The van der Waals surface area contributed by atoms with Crippen LogP contribution in [0.25, 0.3) is 0 Å². The predicted octanol–water partition coefficient (Wildman–Crippen LogP) is 0.198. The number of esters is 1. The number of aromatic nitrogens is 3. The van der Waals surface area contributed by atoms with E-state index in [0.717, 1.165) is 0 Å². The van der Waals surface area contributed by atoms with Gasteiger partial charge in [-0.15, -0.1) is 5.10 Å². The van der Waals surface area contributed by atoms with E-state index in [4.69, 9.17) is 9.52 Å². The Hall–Kier alpha value is -2.15. The number of methoxy groups -OCH3 is 1. The Bertz CT molecular complexity index is 517. The molecule has 0 unspecified atom stereocenters. The molecule has 0 saturated heterocycles. The number of carbonyl (C=O) groups excluding carboxylic acids is 1. The van der Waals surface area contributed by atoms with E-state index in [9.17, 15) is 4.79 Å². The first-order valence-corrected chi connectivity index (χ1v) is 4.90. The van der Waals surface area contributed by atoms with Crippen molar-refractivity contribution in [1.29, 1.82) is 0 Å². The highest BCUT2D eigenvalue weighted by atomic mass is 16.5. The highest BCUT2D eigenvalue weighted by molar-refractivity contribution is 5.86. The number of aliphatic hydroxyl groups excluding tert-OH is 1. The Balaban J connectivity index is 2.14. The van der Waals surface area contributed by atoms with Crippen LogP contribution < -0.4 is 0 Å². The molecule has 0 amide bonds. The van der Waals surface area contributed by atoms with E-state index in [0.29, 0.717) is 18.0 Å². The van der Waals surface area contributed by atoms with Crippen molar-refractivity contribution >= 4 is 5.97 Å². The summed E-state index contributed by atoms with van der Waals surface area (Å²) in [5.41, 5.74) is 0.570. The zero-order valence-electron chi connectivity index (χ0n) is 9.16. The van der Waals surface area contributed by atoms with Gasteiger partial charge >= 0.3 is 5.97 Å². The minimum Gasteiger partial charge on any atom is -0.463 e. The predicted molar refractivity (Wildman–Crippen MR) is 55.1 cm³/mol. The summed E-state index contributed by atoms with van der Waals surface area (Å²) in [7, 11) is 1.28. The summed E-state index contributed by atoms with van der Waals surface area (Å²) in [5, 5.41) is 16.5. The number of rotatable bonds is 4. The molecule has 0 atom stereocenters. The van der Waals surface area contributed by atoms with Gasteiger partial charge in [-0.05, 0) is 12.1 Å². The normalized spacial score (nSPS) is 10.5. The lowest BCUT2D eigenvalue weighted by Crippen LogP contribution is -2.06. The first-order valence-electron chi connectivity index (χ1n) is 4.90. The van der Waals surface area contributed by atoms with Crippen LogP contribution >= 0.6 is 0 Å². The molecule has 0 spiro atoms. The zero-order valence-corrected chi connectivity index (χ0v) is 9.16. The molecule has 0 fully saturated rings. The van der Waals surface area contributed by atoms with Gasteiger partial charge in [-0.1, -0.05) is 5.21 Å². The van der Waals surface area contributed by atoms with Crippen LogP contribution in [0.15, 0.2) is 22.7 Å². The molecule has 0 bridgehead atoms. The van der Waals surface area contributed by atoms with Crippen LogP contribution in [0.4, 0.5) is 0 Å². The third kappa shape index (κ3) is 2.34. The van der Waals surface area contributed by atoms with Gasteiger partial charge in [-0.2, -0.15) is 0 Å². The fourth-order valence-corrected chi connectivity index (χ4v) is 1.36. The average molecular weight is 237 g/mol. The molecule has 0 aromatic carbocycles. The second-order valence-electron chi connectivity index (χ2n) is 3.30. The van der Waals surface area contributed by atoms with Crippen molar-refractivity contribution in [3.05, 3.63) is 35.5 Å². The van der Waals surface area contributed by atoms with Crippen LogP contribution in [0.5, 0.6) is 0 Å². The van der Waals surface area contributed by atoms with E-state index < -0.39 is 5.97 Å². The number of hydrogen-bond acceptors (Lipinski definition) is 6. The van der Waals surface area contributed by atoms with Crippen LogP contribution in [-0.2, 0) is 17.9 Å². The van der Waals surface area contributed by atoms with Crippen molar-refractivity contribution in [2.75, 3.05) is 7.11 Å². The molecule has 2 aromatic heterocycles. The molecule has 7 nitrogen and oxygen atoms in total. The fourth-order valence-electron chi connectivity index (χ4n) is 1.36. The molecule has 17 heavy (non-hydrogen) atoms. The van der Waals surface area contributed by atoms with Gasteiger partial charge in [0, 0.05) is 0 Å². The summed E-state index contributed by atoms with van der Waals surface area (Å²) in [6, 6.07) is 3.17. The minimum atomic E-state index is -0.530. The molecule has 2 aromatic rings. The molecule has 2 rings (SSSR count). The first kappa shape index (κ1) is 11.3. The van der Waals surface area contributed by atoms with Crippen molar-refractivity contribution in [1.82, 2.24) is 15.0 Å². The third-order valence-corrected chi connectivity index (χ3v) is 2.21. The minimum absolute atomic E-state index is 0.133. The average Bonchev–Trinajstić information content (AvgIpc) is 2.97. The van der Waals surface area contributed by atoms with Gasteiger partial charge in [-0.25, -0.2) is 9.48 Å². The smallest absolute Gasteiger partial charge is 0.373 e. The summed E-state index contributed by atoms with van der Waals surface area (Å²) in [4.78, 5) is 11.2. The number of aliphatic hydroxyl groups is 1. The second kappa shape index (κ2) is 4.79. The maximum atomic E-state index is 11.2. The topological polar surface area (TPSA) is 90.4 Å². The van der Waals surface area contributed by atoms with E-state index in [2.05, 4.69) is 15.0 Å². The number of ether oxygens (including phenoxy) is 1. The zero-order chi connectivity index (χ0) is 12.3. The van der Waals surface area contributed by atoms with E-state index >= 15 is 0 Å². The van der Waals surface area contributed by atoms with Gasteiger partial charge in [0.1, 0.15) is 12.3 Å². The molecule has 0 aliphatic heterocycles. The molecule has 0 aliphatic rings. The summed E-state index contributed by atoms with van der Waals surface area (Å²) in [6.45, 7) is 0.143. The van der Waals surface area contributed by atoms with E-state index in [1.54, 1.807) is 6.07 Å². The fraction of sp³-hybridized carbons (Fsp3) is 0.300. The van der Waals surface area contributed by atoms with Gasteiger partial charge in [0.25, 0.3) is 0 Å². The second-order valence-corrected chi connectivity index (χ2v) is 3.30. The molecule has 90 valence electrons. The maximum Gasteiger partial charge on any atom is 0.373 e. The van der Waals surface area contributed by atoms with E-state index in [-0.39, 0.29) is 12.4 Å². The summed E-state index contributed by atoms with van der Waals surface area (Å²) in [6.07, 6.45) is 1.46. The van der Waals surface area contributed by atoms with Gasteiger partial charge < -0.3 is 14.3 Å². The number of carbonyl (C=O) groups is 1. The Morgan fingerprint density at radius 2 is 2.41 bits per heavy atom. The SMILES string of the molecule is COC(=O)c1ccc(Cn2nncc2CO)o1. The Kier molecular flexibility index (Phi) is 3.20. The molecule has 2 heterocycles. The molecule has 0 radical (unpaired) electrons. The van der Waals surface area contributed by atoms with Gasteiger partial charge in [0.15, 0.2) is 0 Å². The third-order valence-electron chi connectivity index (χ3n) is 2.21. The van der Waals surface area contributed by atoms with E-state index in [1.807, 2.05) is 0 Å². The Morgan fingerprint density at radius 3 is 3.12 bits per heavy atom. The van der Waals surface area contributed by atoms with Crippen LogP contribution in [0.3, 0.4) is 0 Å². The molecule has 1 N–H and O–H groups in total. The molecule has 0 aliphatic carbocycles.